The van der Waals surface area contributed by atoms with Gasteiger partial charge in [-0.25, -0.2) is 0 Å². The molecule has 2 aromatic rings. The van der Waals surface area contributed by atoms with Crippen LogP contribution in [0.15, 0.2) is 36.4 Å². The molecule has 2 rings (SSSR count). The van der Waals surface area contributed by atoms with Gasteiger partial charge in [0.25, 0.3) is 0 Å². The molecule has 2 aromatic carbocycles. The van der Waals surface area contributed by atoms with E-state index in [1.807, 2.05) is 13.0 Å². The molecule has 106 valence electrons. The van der Waals surface area contributed by atoms with Crippen LogP contribution in [0.1, 0.15) is 11.1 Å². The molecule has 0 spiro atoms. The molecule has 0 fully saturated rings. The van der Waals surface area contributed by atoms with Crippen LogP contribution < -0.4 is 11.1 Å². The fourth-order valence-corrected chi connectivity index (χ4v) is 2.06. The van der Waals surface area contributed by atoms with Gasteiger partial charge >= 0.3 is 6.18 Å². The van der Waals surface area contributed by atoms with Gasteiger partial charge in [-0.05, 0) is 48.9 Å². The number of alkyl halides is 3. The fourth-order valence-electron chi connectivity index (χ4n) is 1.83. The summed E-state index contributed by atoms with van der Waals surface area (Å²) in [5, 5.41) is 2.95. The van der Waals surface area contributed by atoms with E-state index >= 15 is 0 Å². The quantitative estimate of drug-likeness (QED) is 0.767. The molecular weight excluding hydrogens is 289 g/mol. The Balaban J connectivity index is 2.30. The molecule has 0 aliphatic rings. The average Bonchev–Trinajstić information content (AvgIpc) is 2.29. The van der Waals surface area contributed by atoms with Gasteiger partial charge in [-0.1, -0.05) is 11.6 Å². The van der Waals surface area contributed by atoms with Gasteiger partial charge in [-0.15, -0.1) is 0 Å². The highest BCUT2D eigenvalue weighted by Crippen LogP contribution is 2.35. The highest BCUT2D eigenvalue weighted by molar-refractivity contribution is 6.33. The highest BCUT2D eigenvalue weighted by atomic mass is 35.5. The minimum absolute atomic E-state index is 0.0000902. The number of hydrogen-bond acceptors (Lipinski definition) is 2. The Bertz CT molecular complexity index is 619. The monoisotopic (exact) mass is 300 g/mol. The molecule has 0 radical (unpaired) electrons. The van der Waals surface area contributed by atoms with E-state index in [2.05, 4.69) is 5.32 Å². The van der Waals surface area contributed by atoms with Gasteiger partial charge in [-0.3, -0.25) is 0 Å². The molecule has 3 N–H and O–H groups in total. The van der Waals surface area contributed by atoms with E-state index in [1.54, 1.807) is 12.1 Å². The molecule has 0 saturated carbocycles. The maximum Gasteiger partial charge on any atom is 0.416 e. The molecule has 0 bridgehead atoms. The summed E-state index contributed by atoms with van der Waals surface area (Å²) in [5.74, 6) is 0. The zero-order valence-corrected chi connectivity index (χ0v) is 11.3. The molecule has 0 aliphatic heterocycles. The summed E-state index contributed by atoms with van der Waals surface area (Å²) in [5.41, 5.74) is 7.50. The summed E-state index contributed by atoms with van der Waals surface area (Å²) >= 11 is 5.87. The SMILES string of the molecule is Cc1cc(N)cc(Nc2ccc(C(F)(F)F)cc2Cl)c1. The molecular formula is C14H12ClF3N2. The van der Waals surface area contributed by atoms with Gasteiger partial charge in [0.2, 0.25) is 0 Å². The maximum atomic E-state index is 12.5. The van der Waals surface area contributed by atoms with Gasteiger partial charge in [0.05, 0.1) is 16.3 Å². The summed E-state index contributed by atoms with van der Waals surface area (Å²) in [7, 11) is 0. The minimum Gasteiger partial charge on any atom is -0.399 e. The van der Waals surface area contributed by atoms with Crippen LogP contribution in [0.4, 0.5) is 30.2 Å². The van der Waals surface area contributed by atoms with Crippen molar-refractivity contribution in [3.05, 3.63) is 52.5 Å². The topological polar surface area (TPSA) is 38.0 Å². The van der Waals surface area contributed by atoms with Gasteiger partial charge < -0.3 is 11.1 Å². The maximum absolute atomic E-state index is 12.5. The molecule has 0 amide bonds. The Kier molecular flexibility index (Phi) is 3.81. The standard InChI is InChI=1S/C14H12ClF3N2/c1-8-4-10(19)7-11(5-8)20-13-3-2-9(6-12(13)15)14(16,17)18/h2-7,20H,19H2,1H3. The summed E-state index contributed by atoms with van der Waals surface area (Å²) in [6.45, 7) is 1.87. The third-order valence-corrected chi connectivity index (χ3v) is 2.99. The number of nitrogens with one attached hydrogen (secondary N) is 1. The Labute approximate surface area is 119 Å². The van der Waals surface area contributed by atoms with Gasteiger partial charge in [0, 0.05) is 11.4 Å². The van der Waals surface area contributed by atoms with Crippen LogP contribution in [0.5, 0.6) is 0 Å². The fraction of sp³-hybridized carbons (Fsp3) is 0.143. The summed E-state index contributed by atoms with van der Waals surface area (Å²) < 4.78 is 37.6. The average molecular weight is 301 g/mol. The smallest absolute Gasteiger partial charge is 0.399 e. The Morgan fingerprint density at radius 3 is 2.35 bits per heavy atom. The first-order chi connectivity index (χ1) is 9.25. The number of rotatable bonds is 2. The van der Waals surface area contributed by atoms with E-state index in [4.69, 9.17) is 17.3 Å². The number of nitrogen functional groups attached to an aromatic ring is 1. The second-order valence-electron chi connectivity index (χ2n) is 4.45. The lowest BCUT2D eigenvalue weighted by atomic mass is 10.1. The Hall–Kier alpha value is -1.88. The van der Waals surface area contributed by atoms with Crippen molar-refractivity contribution >= 4 is 28.7 Å². The number of benzene rings is 2. The zero-order chi connectivity index (χ0) is 14.9. The highest BCUT2D eigenvalue weighted by Gasteiger charge is 2.30. The van der Waals surface area contributed by atoms with Crippen molar-refractivity contribution in [1.29, 1.82) is 0 Å². The van der Waals surface area contributed by atoms with Gasteiger partial charge in [-0.2, -0.15) is 13.2 Å². The molecule has 20 heavy (non-hydrogen) atoms. The minimum atomic E-state index is -4.41. The molecule has 0 unspecified atom stereocenters. The van der Waals surface area contributed by atoms with Crippen molar-refractivity contribution < 1.29 is 13.2 Å². The first-order valence-electron chi connectivity index (χ1n) is 5.76. The molecule has 0 heterocycles. The van der Waals surface area contributed by atoms with Gasteiger partial charge in [0.15, 0.2) is 0 Å². The van der Waals surface area contributed by atoms with Crippen molar-refractivity contribution in [3.8, 4) is 0 Å². The number of hydrogen-bond donors (Lipinski definition) is 2. The molecule has 0 atom stereocenters. The van der Waals surface area contributed by atoms with E-state index in [-0.39, 0.29) is 5.02 Å². The lowest BCUT2D eigenvalue weighted by Gasteiger charge is -2.12. The van der Waals surface area contributed by atoms with Crippen molar-refractivity contribution in [1.82, 2.24) is 0 Å². The number of anilines is 3. The van der Waals surface area contributed by atoms with Crippen molar-refractivity contribution in [3.63, 3.8) is 0 Å². The summed E-state index contributed by atoms with van der Waals surface area (Å²) in [6, 6.07) is 8.46. The van der Waals surface area contributed by atoms with Crippen LogP contribution in [0.25, 0.3) is 0 Å². The zero-order valence-electron chi connectivity index (χ0n) is 10.6. The Morgan fingerprint density at radius 2 is 1.80 bits per heavy atom. The first-order valence-corrected chi connectivity index (χ1v) is 6.14. The predicted octanol–water partition coefficient (Wildman–Crippen LogP) is 4.99. The van der Waals surface area contributed by atoms with Crippen LogP contribution in [0.3, 0.4) is 0 Å². The Morgan fingerprint density at radius 1 is 1.10 bits per heavy atom. The second-order valence-corrected chi connectivity index (χ2v) is 4.86. The van der Waals surface area contributed by atoms with Crippen LogP contribution in [0.2, 0.25) is 5.02 Å². The summed E-state index contributed by atoms with van der Waals surface area (Å²) in [6.07, 6.45) is -4.41. The number of aryl methyl sites for hydroxylation is 1. The third-order valence-electron chi connectivity index (χ3n) is 2.68. The molecule has 0 aliphatic carbocycles. The van der Waals surface area contributed by atoms with E-state index in [9.17, 15) is 13.2 Å². The van der Waals surface area contributed by atoms with Crippen LogP contribution in [0, 0.1) is 6.92 Å². The van der Waals surface area contributed by atoms with E-state index in [1.165, 1.54) is 6.07 Å². The van der Waals surface area contributed by atoms with Crippen LogP contribution in [-0.2, 0) is 6.18 Å². The van der Waals surface area contributed by atoms with Crippen molar-refractivity contribution in [2.24, 2.45) is 0 Å². The lowest BCUT2D eigenvalue weighted by Crippen LogP contribution is -2.05. The number of nitrogens with two attached hydrogens (primary N) is 1. The summed E-state index contributed by atoms with van der Waals surface area (Å²) in [4.78, 5) is 0. The van der Waals surface area contributed by atoms with Gasteiger partial charge in [0.1, 0.15) is 0 Å². The third kappa shape index (κ3) is 3.36. The van der Waals surface area contributed by atoms with Crippen molar-refractivity contribution in [2.45, 2.75) is 13.1 Å². The first kappa shape index (κ1) is 14.5. The molecule has 0 aromatic heterocycles. The van der Waals surface area contributed by atoms with E-state index in [0.29, 0.717) is 17.1 Å². The van der Waals surface area contributed by atoms with Crippen LogP contribution in [-0.4, -0.2) is 0 Å². The molecule has 2 nitrogen and oxygen atoms in total. The normalized spacial score (nSPS) is 11.4. The largest absolute Gasteiger partial charge is 0.416 e. The van der Waals surface area contributed by atoms with E-state index in [0.717, 1.165) is 17.7 Å². The van der Waals surface area contributed by atoms with E-state index < -0.39 is 11.7 Å². The molecule has 6 heteroatoms. The van der Waals surface area contributed by atoms with Crippen LogP contribution >= 0.6 is 11.6 Å². The number of halogens is 4. The second kappa shape index (κ2) is 5.25. The lowest BCUT2D eigenvalue weighted by molar-refractivity contribution is -0.137. The van der Waals surface area contributed by atoms with Crippen molar-refractivity contribution in [2.75, 3.05) is 11.1 Å². The predicted molar refractivity (Wildman–Crippen MR) is 75.3 cm³/mol. The molecule has 0 saturated heterocycles.